The summed E-state index contributed by atoms with van der Waals surface area (Å²) in [6.45, 7) is 0. The summed E-state index contributed by atoms with van der Waals surface area (Å²) in [5.74, 6) is 0.0795. The van der Waals surface area contributed by atoms with Gasteiger partial charge in [-0.3, -0.25) is 4.79 Å². The average Bonchev–Trinajstić information content (AvgIpc) is 3.03. The standard InChI is InChI=1S/C10H10N2O2/c13-5-9(10(14)7-1-2-7)8-3-11-6-12-4-8/h3-7,13H,1-2H2/b9-5+. The van der Waals surface area contributed by atoms with Crippen LogP contribution in [0.15, 0.2) is 25.0 Å². The van der Waals surface area contributed by atoms with E-state index < -0.39 is 0 Å². The van der Waals surface area contributed by atoms with Gasteiger partial charge in [0.25, 0.3) is 0 Å². The highest BCUT2D eigenvalue weighted by Gasteiger charge is 2.32. The van der Waals surface area contributed by atoms with Crippen molar-refractivity contribution in [3.63, 3.8) is 0 Å². The van der Waals surface area contributed by atoms with Crippen LogP contribution in [-0.4, -0.2) is 20.9 Å². The van der Waals surface area contributed by atoms with Gasteiger partial charge >= 0.3 is 0 Å². The van der Waals surface area contributed by atoms with Crippen LogP contribution in [0.3, 0.4) is 0 Å². The van der Waals surface area contributed by atoms with Crippen molar-refractivity contribution in [2.24, 2.45) is 5.92 Å². The SMILES string of the molecule is O=C(/C(=C/O)c1cncnc1)C1CC1. The van der Waals surface area contributed by atoms with E-state index in [9.17, 15) is 4.79 Å². The Bertz CT molecular complexity index is 369. The van der Waals surface area contributed by atoms with Crippen molar-refractivity contribution < 1.29 is 9.90 Å². The zero-order chi connectivity index (χ0) is 9.97. The Hall–Kier alpha value is -1.71. The number of carbonyl (C=O) groups excluding carboxylic acids is 1. The Kier molecular flexibility index (Phi) is 2.26. The van der Waals surface area contributed by atoms with Gasteiger partial charge in [0, 0.05) is 23.9 Å². The summed E-state index contributed by atoms with van der Waals surface area (Å²) in [6, 6.07) is 0. The molecule has 0 radical (unpaired) electrons. The van der Waals surface area contributed by atoms with E-state index >= 15 is 0 Å². The Morgan fingerprint density at radius 1 is 1.43 bits per heavy atom. The van der Waals surface area contributed by atoms with Crippen LogP contribution in [0, 0.1) is 5.92 Å². The molecular formula is C10H10N2O2. The molecule has 1 aliphatic carbocycles. The van der Waals surface area contributed by atoms with E-state index in [1.165, 1.54) is 18.7 Å². The van der Waals surface area contributed by atoms with E-state index in [-0.39, 0.29) is 11.7 Å². The normalized spacial score (nSPS) is 16.7. The number of aromatic nitrogens is 2. The maximum Gasteiger partial charge on any atom is 0.169 e. The summed E-state index contributed by atoms with van der Waals surface area (Å²) in [5, 5.41) is 8.99. The lowest BCUT2D eigenvalue weighted by molar-refractivity contribution is -0.114. The highest BCUT2D eigenvalue weighted by molar-refractivity contribution is 6.22. The van der Waals surface area contributed by atoms with Crippen molar-refractivity contribution in [1.82, 2.24) is 9.97 Å². The summed E-state index contributed by atoms with van der Waals surface area (Å²) in [5.41, 5.74) is 0.889. The molecule has 4 heteroatoms. The highest BCUT2D eigenvalue weighted by Crippen LogP contribution is 2.34. The average molecular weight is 190 g/mol. The van der Waals surface area contributed by atoms with Crippen LogP contribution in [0.1, 0.15) is 18.4 Å². The molecule has 0 aliphatic heterocycles. The minimum absolute atomic E-state index is 0.0118. The Morgan fingerprint density at radius 2 is 2.07 bits per heavy atom. The number of rotatable bonds is 3. The van der Waals surface area contributed by atoms with E-state index in [2.05, 4.69) is 9.97 Å². The topological polar surface area (TPSA) is 63.1 Å². The molecule has 0 atom stereocenters. The zero-order valence-corrected chi connectivity index (χ0v) is 7.55. The Labute approximate surface area is 81.3 Å². The molecule has 1 saturated carbocycles. The molecule has 0 bridgehead atoms. The van der Waals surface area contributed by atoms with Crippen LogP contribution in [0.5, 0.6) is 0 Å². The van der Waals surface area contributed by atoms with Crippen molar-refractivity contribution in [3.8, 4) is 0 Å². The number of hydrogen-bond acceptors (Lipinski definition) is 4. The first-order chi connectivity index (χ1) is 6.83. The molecular weight excluding hydrogens is 180 g/mol. The van der Waals surface area contributed by atoms with Crippen molar-refractivity contribution >= 4 is 11.4 Å². The molecule has 0 spiro atoms. The molecule has 1 N–H and O–H groups in total. The molecule has 14 heavy (non-hydrogen) atoms. The van der Waals surface area contributed by atoms with Gasteiger partial charge in [-0.1, -0.05) is 0 Å². The number of aliphatic hydroxyl groups is 1. The third-order valence-corrected chi connectivity index (χ3v) is 2.21. The van der Waals surface area contributed by atoms with Gasteiger partial charge in [-0.2, -0.15) is 0 Å². The van der Waals surface area contributed by atoms with Crippen molar-refractivity contribution in [2.75, 3.05) is 0 Å². The van der Waals surface area contributed by atoms with Crippen LogP contribution in [0.25, 0.3) is 5.57 Å². The molecule has 0 saturated heterocycles. The molecule has 1 aromatic heterocycles. The first kappa shape index (κ1) is 8.87. The predicted octanol–water partition coefficient (Wildman–Crippen LogP) is 1.35. The molecule has 1 heterocycles. The van der Waals surface area contributed by atoms with E-state index in [0.717, 1.165) is 19.1 Å². The molecule has 1 aromatic rings. The molecule has 0 aromatic carbocycles. The second-order valence-corrected chi connectivity index (χ2v) is 3.31. The molecule has 0 unspecified atom stereocenters. The molecule has 4 nitrogen and oxygen atoms in total. The van der Waals surface area contributed by atoms with Crippen molar-refractivity contribution in [3.05, 3.63) is 30.5 Å². The molecule has 72 valence electrons. The van der Waals surface area contributed by atoms with Crippen LogP contribution >= 0.6 is 0 Å². The van der Waals surface area contributed by atoms with E-state index in [1.54, 1.807) is 0 Å². The number of aliphatic hydroxyl groups excluding tert-OH is 1. The molecule has 2 rings (SSSR count). The highest BCUT2D eigenvalue weighted by atomic mass is 16.2. The van der Waals surface area contributed by atoms with Gasteiger partial charge < -0.3 is 5.11 Å². The van der Waals surface area contributed by atoms with Gasteiger partial charge in [-0.05, 0) is 12.8 Å². The van der Waals surface area contributed by atoms with Crippen LogP contribution in [-0.2, 0) is 4.79 Å². The maximum atomic E-state index is 11.7. The van der Waals surface area contributed by atoms with Crippen LogP contribution in [0.2, 0.25) is 0 Å². The Balaban J connectivity index is 2.26. The van der Waals surface area contributed by atoms with Gasteiger partial charge in [0.15, 0.2) is 5.78 Å². The third-order valence-electron chi connectivity index (χ3n) is 2.21. The lowest BCUT2D eigenvalue weighted by Crippen LogP contribution is -2.04. The van der Waals surface area contributed by atoms with Gasteiger partial charge in [-0.15, -0.1) is 0 Å². The summed E-state index contributed by atoms with van der Waals surface area (Å²) >= 11 is 0. The number of nitrogens with zero attached hydrogens (tertiary/aromatic N) is 2. The second-order valence-electron chi connectivity index (χ2n) is 3.31. The Morgan fingerprint density at radius 3 is 2.57 bits per heavy atom. The molecule has 1 fully saturated rings. The van der Waals surface area contributed by atoms with Gasteiger partial charge in [0.2, 0.25) is 0 Å². The fourth-order valence-corrected chi connectivity index (χ4v) is 1.28. The summed E-state index contributed by atoms with van der Waals surface area (Å²) in [7, 11) is 0. The van der Waals surface area contributed by atoms with Crippen LogP contribution < -0.4 is 0 Å². The summed E-state index contributed by atoms with van der Waals surface area (Å²) in [6.07, 6.45) is 7.12. The monoisotopic (exact) mass is 190 g/mol. The smallest absolute Gasteiger partial charge is 0.169 e. The van der Waals surface area contributed by atoms with Crippen LogP contribution in [0.4, 0.5) is 0 Å². The number of allylic oxidation sites excluding steroid dienone is 1. The maximum absolute atomic E-state index is 11.7. The molecule has 0 amide bonds. The minimum Gasteiger partial charge on any atom is -0.515 e. The fraction of sp³-hybridized carbons (Fsp3) is 0.300. The number of hydrogen-bond donors (Lipinski definition) is 1. The minimum atomic E-state index is -0.0118. The number of ketones is 1. The van der Waals surface area contributed by atoms with Gasteiger partial charge in [-0.25, -0.2) is 9.97 Å². The van der Waals surface area contributed by atoms with Crippen molar-refractivity contribution in [2.45, 2.75) is 12.8 Å². The lowest BCUT2D eigenvalue weighted by Gasteiger charge is -2.02. The van der Waals surface area contributed by atoms with E-state index in [1.807, 2.05) is 0 Å². The van der Waals surface area contributed by atoms with E-state index in [0.29, 0.717) is 11.1 Å². The largest absolute Gasteiger partial charge is 0.515 e. The number of Topliss-reactive ketones (excluding diaryl/α,β-unsaturated/α-hetero) is 1. The molecule has 1 aliphatic rings. The third kappa shape index (κ3) is 1.64. The van der Waals surface area contributed by atoms with Crippen molar-refractivity contribution in [1.29, 1.82) is 0 Å². The first-order valence-electron chi connectivity index (χ1n) is 4.47. The quantitative estimate of drug-likeness (QED) is 0.577. The lowest BCUT2D eigenvalue weighted by atomic mass is 10.0. The fourth-order valence-electron chi connectivity index (χ4n) is 1.28. The first-order valence-corrected chi connectivity index (χ1v) is 4.47. The van der Waals surface area contributed by atoms with Gasteiger partial charge in [0.1, 0.15) is 6.33 Å². The number of carbonyl (C=O) groups is 1. The van der Waals surface area contributed by atoms with Gasteiger partial charge in [0.05, 0.1) is 11.8 Å². The second kappa shape index (κ2) is 3.57. The summed E-state index contributed by atoms with van der Waals surface area (Å²) < 4.78 is 0. The van der Waals surface area contributed by atoms with E-state index in [4.69, 9.17) is 5.11 Å². The predicted molar refractivity (Wildman–Crippen MR) is 50.4 cm³/mol. The zero-order valence-electron chi connectivity index (χ0n) is 7.55. The summed E-state index contributed by atoms with van der Waals surface area (Å²) in [4.78, 5) is 19.3.